The number of H-pyrrole nitrogens is 1. The zero-order valence-electron chi connectivity index (χ0n) is 13.8. The lowest BCUT2D eigenvalue weighted by atomic mass is 10.0. The first kappa shape index (κ1) is 15.4. The molecular formula is C19H18N4O2. The van der Waals surface area contributed by atoms with Crippen LogP contribution in [0.25, 0.3) is 11.4 Å². The number of rotatable bonds is 3. The van der Waals surface area contributed by atoms with Crippen molar-refractivity contribution < 1.29 is 9.53 Å². The van der Waals surface area contributed by atoms with Gasteiger partial charge in [-0.25, -0.2) is 4.98 Å². The van der Waals surface area contributed by atoms with Crippen LogP contribution in [0.5, 0.6) is 5.75 Å². The molecule has 0 unspecified atom stereocenters. The topological polar surface area (TPSA) is 79.9 Å². The Bertz CT molecular complexity index is 919. The first-order valence-corrected chi connectivity index (χ1v) is 8.20. The third-order valence-electron chi connectivity index (χ3n) is 4.19. The molecule has 25 heavy (non-hydrogen) atoms. The molecule has 6 nitrogen and oxygen atoms in total. The monoisotopic (exact) mass is 334 g/mol. The highest BCUT2D eigenvalue weighted by atomic mass is 16.5. The molecule has 2 aromatic carbocycles. The van der Waals surface area contributed by atoms with Gasteiger partial charge in [-0.15, -0.1) is 0 Å². The van der Waals surface area contributed by atoms with E-state index in [1.807, 2.05) is 43.3 Å². The van der Waals surface area contributed by atoms with E-state index >= 15 is 0 Å². The molecule has 2 N–H and O–H groups in total. The first-order chi connectivity index (χ1) is 12.2. The minimum Gasteiger partial charge on any atom is -0.491 e. The van der Waals surface area contributed by atoms with Crippen LogP contribution < -0.4 is 10.1 Å². The highest BCUT2D eigenvalue weighted by Crippen LogP contribution is 2.24. The molecule has 1 aliphatic heterocycles. The molecule has 126 valence electrons. The first-order valence-electron chi connectivity index (χ1n) is 8.20. The van der Waals surface area contributed by atoms with Crippen molar-refractivity contribution in [1.82, 2.24) is 20.5 Å². The number of nitrogens with one attached hydrogen (secondary N) is 2. The molecule has 1 atom stereocenters. The minimum absolute atomic E-state index is 0.0446. The average molecular weight is 334 g/mol. The third-order valence-corrected chi connectivity index (χ3v) is 4.19. The number of ether oxygens (including phenoxy) is 1. The Morgan fingerprint density at radius 3 is 2.96 bits per heavy atom. The predicted octanol–water partition coefficient (Wildman–Crippen LogP) is 2.51. The van der Waals surface area contributed by atoms with Crippen LogP contribution in [-0.4, -0.2) is 33.7 Å². The number of benzene rings is 2. The summed E-state index contributed by atoms with van der Waals surface area (Å²) in [4.78, 5) is 16.9. The van der Waals surface area contributed by atoms with Gasteiger partial charge >= 0.3 is 0 Å². The highest BCUT2D eigenvalue weighted by molar-refractivity contribution is 5.95. The van der Waals surface area contributed by atoms with Gasteiger partial charge in [0.2, 0.25) is 0 Å². The molecule has 1 aliphatic rings. The highest BCUT2D eigenvalue weighted by Gasteiger charge is 2.21. The Hall–Kier alpha value is -3.15. The summed E-state index contributed by atoms with van der Waals surface area (Å²) in [5.41, 5.74) is 2.50. The van der Waals surface area contributed by atoms with Crippen molar-refractivity contribution in [3.05, 3.63) is 65.5 Å². The van der Waals surface area contributed by atoms with Crippen molar-refractivity contribution in [2.24, 2.45) is 0 Å². The van der Waals surface area contributed by atoms with Crippen LogP contribution in [0.2, 0.25) is 0 Å². The second-order valence-electron chi connectivity index (χ2n) is 6.12. The van der Waals surface area contributed by atoms with E-state index in [1.54, 1.807) is 12.1 Å². The van der Waals surface area contributed by atoms with Crippen LogP contribution in [0, 0.1) is 6.92 Å². The lowest BCUT2D eigenvalue weighted by Gasteiger charge is -2.26. The van der Waals surface area contributed by atoms with Crippen LogP contribution in [0.1, 0.15) is 21.7 Å². The van der Waals surface area contributed by atoms with E-state index in [2.05, 4.69) is 20.5 Å². The Morgan fingerprint density at radius 2 is 2.12 bits per heavy atom. The van der Waals surface area contributed by atoms with E-state index in [0.717, 1.165) is 29.1 Å². The number of aromatic nitrogens is 3. The van der Waals surface area contributed by atoms with Crippen molar-refractivity contribution >= 4 is 5.91 Å². The smallest absolute Gasteiger partial charge is 0.251 e. The van der Waals surface area contributed by atoms with E-state index in [9.17, 15) is 4.79 Å². The number of amides is 1. The van der Waals surface area contributed by atoms with Crippen molar-refractivity contribution in [2.75, 3.05) is 6.61 Å². The van der Waals surface area contributed by atoms with Gasteiger partial charge in [0.25, 0.3) is 5.91 Å². The Kier molecular flexibility index (Phi) is 3.93. The molecule has 4 rings (SSSR count). The number of carbonyl (C=O) groups is 1. The summed E-state index contributed by atoms with van der Waals surface area (Å²) >= 11 is 0. The Labute approximate surface area is 145 Å². The van der Waals surface area contributed by atoms with Gasteiger partial charge in [-0.1, -0.05) is 30.3 Å². The van der Waals surface area contributed by atoms with E-state index in [1.165, 1.54) is 0 Å². The number of aromatic amines is 1. The van der Waals surface area contributed by atoms with E-state index in [-0.39, 0.29) is 11.9 Å². The number of carbonyl (C=O) groups excluding carboxylic acids is 1. The number of fused-ring (bicyclic) bond motifs is 1. The zero-order valence-corrected chi connectivity index (χ0v) is 13.8. The van der Waals surface area contributed by atoms with E-state index < -0.39 is 0 Å². The fraction of sp³-hybridized carbons (Fsp3) is 0.211. The summed E-state index contributed by atoms with van der Waals surface area (Å²) in [6.45, 7) is 2.32. The van der Waals surface area contributed by atoms with Gasteiger partial charge in [-0.2, -0.15) is 5.10 Å². The molecule has 0 fully saturated rings. The van der Waals surface area contributed by atoms with Gasteiger partial charge in [0.1, 0.15) is 18.2 Å². The van der Waals surface area contributed by atoms with E-state index in [0.29, 0.717) is 18.0 Å². The molecule has 2 heterocycles. The summed E-state index contributed by atoms with van der Waals surface area (Å²) < 4.78 is 5.73. The number of aryl methyl sites for hydroxylation is 1. The maximum atomic E-state index is 12.6. The van der Waals surface area contributed by atoms with Crippen LogP contribution in [-0.2, 0) is 6.42 Å². The average Bonchev–Trinajstić information content (AvgIpc) is 3.08. The quantitative estimate of drug-likeness (QED) is 0.771. The van der Waals surface area contributed by atoms with Gasteiger partial charge in [0, 0.05) is 11.1 Å². The number of nitrogens with zero attached hydrogens (tertiary/aromatic N) is 2. The van der Waals surface area contributed by atoms with Gasteiger partial charge in [0.15, 0.2) is 5.82 Å². The predicted molar refractivity (Wildman–Crippen MR) is 93.5 cm³/mol. The van der Waals surface area contributed by atoms with Crippen LogP contribution in [0.4, 0.5) is 0 Å². The van der Waals surface area contributed by atoms with Gasteiger partial charge in [-0.05, 0) is 37.1 Å². The number of para-hydroxylation sites is 1. The normalized spacial score (nSPS) is 16.0. The molecule has 0 aliphatic carbocycles. The van der Waals surface area contributed by atoms with E-state index in [4.69, 9.17) is 4.74 Å². The molecular weight excluding hydrogens is 316 g/mol. The molecule has 1 aromatic heterocycles. The molecule has 0 spiro atoms. The van der Waals surface area contributed by atoms with Crippen LogP contribution in [0.3, 0.4) is 0 Å². The summed E-state index contributed by atoms with van der Waals surface area (Å²) in [7, 11) is 0. The lowest BCUT2D eigenvalue weighted by molar-refractivity contribution is 0.0915. The van der Waals surface area contributed by atoms with Crippen LogP contribution in [0.15, 0.2) is 48.5 Å². The molecule has 0 saturated heterocycles. The Balaban J connectivity index is 1.49. The lowest BCUT2D eigenvalue weighted by Crippen LogP contribution is -2.42. The summed E-state index contributed by atoms with van der Waals surface area (Å²) in [5, 5.41) is 10.00. The third kappa shape index (κ3) is 3.24. The molecule has 0 saturated carbocycles. The summed E-state index contributed by atoms with van der Waals surface area (Å²) in [6, 6.07) is 15.2. The summed E-state index contributed by atoms with van der Waals surface area (Å²) in [5.74, 6) is 2.10. The fourth-order valence-electron chi connectivity index (χ4n) is 2.96. The Morgan fingerprint density at radius 1 is 1.24 bits per heavy atom. The standard InChI is InChI=1S/C19H18N4O2/c1-12-20-18(23-22-12)14-6-4-7-15(9-14)19(24)21-16-10-13-5-2-3-8-17(13)25-11-16/h2-9,16H,10-11H2,1H3,(H,21,24)(H,20,22,23)/t16-/m0/s1. The van der Waals surface area contributed by atoms with Gasteiger partial charge < -0.3 is 10.1 Å². The maximum Gasteiger partial charge on any atom is 0.251 e. The van der Waals surface area contributed by atoms with Crippen LogP contribution >= 0.6 is 0 Å². The molecule has 0 radical (unpaired) electrons. The second kappa shape index (κ2) is 6.39. The van der Waals surface area contributed by atoms with Crippen molar-refractivity contribution in [2.45, 2.75) is 19.4 Å². The van der Waals surface area contributed by atoms with Crippen molar-refractivity contribution in [1.29, 1.82) is 0 Å². The number of hydrogen-bond acceptors (Lipinski definition) is 4. The zero-order chi connectivity index (χ0) is 17.2. The largest absolute Gasteiger partial charge is 0.491 e. The second-order valence-corrected chi connectivity index (χ2v) is 6.12. The fourth-order valence-corrected chi connectivity index (χ4v) is 2.96. The summed E-state index contributed by atoms with van der Waals surface area (Å²) in [6.07, 6.45) is 0.766. The molecule has 1 amide bonds. The molecule has 0 bridgehead atoms. The van der Waals surface area contributed by atoms with Crippen molar-refractivity contribution in [3.8, 4) is 17.1 Å². The van der Waals surface area contributed by atoms with Gasteiger partial charge in [0.05, 0.1) is 6.04 Å². The minimum atomic E-state index is -0.123. The molecule has 6 heteroatoms. The molecule has 3 aromatic rings. The number of hydrogen-bond donors (Lipinski definition) is 2. The maximum absolute atomic E-state index is 12.6. The SMILES string of the molecule is Cc1nc(-c2cccc(C(=O)N[C@@H]3COc4ccccc4C3)c2)n[nH]1. The van der Waals surface area contributed by atoms with Crippen molar-refractivity contribution in [3.63, 3.8) is 0 Å². The van der Waals surface area contributed by atoms with Gasteiger partial charge in [-0.3, -0.25) is 9.89 Å².